The zero-order valence-corrected chi connectivity index (χ0v) is 10.5. The molecular weight excluding hydrogens is 252 g/mol. The molecule has 0 aliphatic heterocycles. The van der Waals surface area contributed by atoms with Crippen molar-refractivity contribution in [1.82, 2.24) is 4.98 Å². The van der Waals surface area contributed by atoms with Gasteiger partial charge in [-0.25, -0.2) is 9.78 Å². The molecule has 0 fully saturated rings. The first-order valence-corrected chi connectivity index (χ1v) is 6.11. The molecule has 3 N–H and O–H groups in total. The Labute approximate surface area is 108 Å². The van der Waals surface area contributed by atoms with Crippen LogP contribution in [-0.4, -0.2) is 16.1 Å². The summed E-state index contributed by atoms with van der Waals surface area (Å²) < 4.78 is 5.47. The van der Waals surface area contributed by atoms with E-state index in [1.165, 1.54) is 17.4 Å². The molecule has 0 aliphatic rings. The minimum atomic E-state index is -1.06. The first-order valence-electron chi connectivity index (χ1n) is 5.23. The van der Waals surface area contributed by atoms with Crippen LogP contribution in [-0.2, 0) is 6.61 Å². The van der Waals surface area contributed by atoms with Crippen molar-refractivity contribution in [3.05, 3.63) is 39.8 Å². The van der Waals surface area contributed by atoms with Crippen LogP contribution in [0, 0.1) is 6.92 Å². The van der Waals surface area contributed by atoms with Crippen LogP contribution in [0.25, 0.3) is 0 Å². The minimum absolute atomic E-state index is 0.0574. The summed E-state index contributed by atoms with van der Waals surface area (Å²) >= 11 is 1.52. The normalized spacial score (nSPS) is 10.3. The van der Waals surface area contributed by atoms with Crippen molar-refractivity contribution in [3.8, 4) is 5.75 Å². The molecular formula is C12H12N2O3S. The number of nitrogens with zero attached hydrogens (tertiary/aromatic N) is 1. The standard InChI is InChI=1S/C12H12N2O3S/c1-7-14-8(6-18-7)5-17-11-9(12(15)16)3-2-4-10(11)13/h2-4,6H,5,13H2,1H3,(H,15,16). The fourth-order valence-electron chi connectivity index (χ4n) is 1.51. The number of hydrogen-bond donors (Lipinski definition) is 2. The van der Waals surface area contributed by atoms with E-state index in [0.717, 1.165) is 10.7 Å². The van der Waals surface area contributed by atoms with E-state index in [2.05, 4.69) is 4.98 Å². The maximum absolute atomic E-state index is 11.0. The van der Waals surface area contributed by atoms with Crippen LogP contribution in [0.1, 0.15) is 21.1 Å². The summed E-state index contributed by atoms with van der Waals surface area (Å²) in [6.07, 6.45) is 0. The molecule has 0 unspecified atom stereocenters. The predicted molar refractivity (Wildman–Crippen MR) is 69.0 cm³/mol. The van der Waals surface area contributed by atoms with Gasteiger partial charge in [0.2, 0.25) is 0 Å². The number of hydrogen-bond acceptors (Lipinski definition) is 5. The SMILES string of the molecule is Cc1nc(COc2c(N)cccc2C(=O)O)cs1. The molecule has 0 aliphatic carbocycles. The van der Waals surface area contributed by atoms with Crippen LogP contribution in [0.3, 0.4) is 0 Å². The van der Waals surface area contributed by atoms with Gasteiger partial charge in [0.1, 0.15) is 12.2 Å². The monoisotopic (exact) mass is 264 g/mol. The van der Waals surface area contributed by atoms with Gasteiger partial charge in [-0.1, -0.05) is 6.07 Å². The number of anilines is 1. The number of ether oxygens (including phenoxy) is 1. The Morgan fingerprint density at radius 2 is 2.33 bits per heavy atom. The van der Waals surface area contributed by atoms with E-state index in [-0.39, 0.29) is 17.9 Å². The van der Waals surface area contributed by atoms with E-state index in [1.807, 2.05) is 12.3 Å². The van der Waals surface area contributed by atoms with Crippen LogP contribution < -0.4 is 10.5 Å². The number of para-hydroxylation sites is 1. The molecule has 5 nitrogen and oxygen atoms in total. The molecule has 94 valence electrons. The number of aromatic carboxylic acids is 1. The van der Waals surface area contributed by atoms with E-state index in [0.29, 0.717) is 5.69 Å². The first kappa shape index (κ1) is 12.4. The number of carbonyl (C=O) groups is 1. The number of benzene rings is 1. The van der Waals surface area contributed by atoms with Gasteiger partial charge < -0.3 is 15.6 Å². The zero-order chi connectivity index (χ0) is 13.1. The van der Waals surface area contributed by atoms with Crippen LogP contribution in [0.2, 0.25) is 0 Å². The van der Waals surface area contributed by atoms with Gasteiger partial charge in [-0.05, 0) is 19.1 Å². The van der Waals surface area contributed by atoms with E-state index in [9.17, 15) is 4.79 Å². The summed E-state index contributed by atoms with van der Waals surface area (Å²) in [6, 6.07) is 4.65. The zero-order valence-electron chi connectivity index (χ0n) is 9.71. The lowest BCUT2D eigenvalue weighted by atomic mass is 10.2. The number of thiazole rings is 1. The summed E-state index contributed by atoms with van der Waals surface area (Å²) in [5.74, 6) is -0.873. The number of aryl methyl sites for hydroxylation is 1. The summed E-state index contributed by atoms with van der Waals surface area (Å²) in [4.78, 5) is 15.3. The number of nitrogen functional groups attached to an aromatic ring is 1. The second-order valence-corrected chi connectivity index (χ2v) is 4.74. The molecule has 0 saturated heterocycles. The summed E-state index contributed by atoms with van der Waals surface area (Å²) in [5, 5.41) is 11.9. The van der Waals surface area contributed by atoms with E-state index in [1.54, 1.807) is 12.1 Å². The third-order valence-electron chi connectivity index (χ3n) is 2.31. The smallest absolute Gasteiger partial charge is 0.339 e. The highest BCUT2D eigenvalue weighted by atomic mass is 32.1. The quantitative estimate of drug-likeness (QED) is 0.828. The maximum Gasteiger partial charge on any atom is 0.339 e. The molecule has 0 bridgehead atoms. The Balaban J connectivity index is 2.20. The Bertz CT molecular complexity index is 580. The average molecular weight is 264 g/mol. The van der Waals surface area contributed by atoms with Gasteiger partial charge in [0, 0.05) is 5.38 Å². The number of carboxylic acids is 1. The van der Waals surface area contributed by atoms with Crippen molar-refractivity contribution in [1.29, 1.82) is 0 Å². The predicted octanol–water partition coefficient (Wildman–Crippen LogP) is 2.31. The molecule has 0 atom stereocenters. The Hall–Kier alpha value is -2.08. The van der Waals surface area contributed by atoms with Crippen LogP contribution in [0.15, 0.2) is 23.6 Å². The number of carboxylic acid groups (broad SMARTS) is 1. The third kappa shape index (κ3) is 2.60. The summed E-state index contributed by atoms with van der Waals surface area (Å²) in [5.41, 5.74) is 6.85. The minimum Gasteiger partial charge on any atom is -0.484 e. The van der Waals surface area contributed by atoms with Gasteiger partial charge in [-0.3, -0.25) is 0 Å². The van der Waals surface area contributed by atoms with Crippen molar-refractivity contribution in [2.24, 2.45) is 0 Å². The van der Waals surface area contributed by atoms with Crippen molar-refractivity contribution >= 4 is 23.0 Å². The van der Waals surface area contributed by atoms with Crippen molar-refractivity contribution in [2.75, 3.05) is 5.73 Å². The van der Waals surface area contributed by atoms with Gasteiger partial charge in [-0.2, -0.15) is 0 Å². The van der Waals surface area contributed by atoms with Crippen molar-refractivity contribution in [2.45, 2.75) is 13.5 Å². The number of nitrogens with two attached hydrogens (primary N) is 1. The molecule has 2 aromatic rings. The van der Waals surface area contributed by atoms with Crippen LogP contribution in [0.4, 0.5) is 5.69 Å². The Morgan fingerprint density at radius 1 is 1.56 bits per heavy atom. The molecule has 1 aromatic carbocycles. The Kier molecular flexibility index (Phi) is 3.47. The summed E-state index contributed by atoms with van der Waals surface area (Å²) in [7, 11) is 0. The molecule has 0 saturated carbocycles. The van der Waals surface area contributed by atoms with E-state index in [4.69, 9.17) is 15.6 Å². The van der Waals surface area contributed by atoms with E-state index >= 15 is 0 Å². The van der Waals surface area contributed by atoms with Gasteiger partial charge in [-0.15, -0.1) is 11.3 Å². The molecule has 1 heterocycles. The van der Waals surface area contributed by atoms with E-state index < -0.39 is 5.97 Å². The summed E-state index contributed by atoms with van der Waals surface area (Å²) in [6.45, 7) is 2.10. The second-order valence-electron chi connectivity index (χ2n) is 3.68. The average Bonchev–Trinajstić information content (AvgIpc) is 2.73. The largest absolute Gasteiger partial charge is 0.484 e. The highest BCUT2D eigenvalue weighted by Gasteiger charge is 2.14. The molecule has 1 aromatic heterocycles. The highest BCUT2D eigenvalue weighted by molar-refractivity contribution is 7.09. The maximum atomic E-state index is 11.0. The van der Waals surface area contributed by atoms with Gasteiger partial charge in [0.15, 0.2) is 5.75 Å². The molecule has 0 spiro atoms. The first-order chi connectivity index (χ1) is 8.58. The number of aromatic nitrogens is 1. The molecule has 0 radical (unpaired) electrons. The van der Waals surface area contributed by atoms with Crippen molar-refractivity contribution in [3.63, 3.8) is 0 Å². The van der Waals surface area contributed by atoms with Gasteiger partial charge >= 0.3 is 5.97 Å². The third-order valence-corrected chi connectivity index (χ3v) is 3.13. The van der Waals surface area contributed by atoms with Crippen molar-refractivity contribution < 1.29 is 14.6 Å². The molecule has 6 heteroatoms. The Morgan fingerprint density at radius 3 is 2.94 bits per heavy atom. The molecule has 18 heavy (non-hydrogen) atoms. The second kappa shape index (κ2) is 5.05. The topological polar surface area (TPSA) is 85.4 Å². The molecule has 2 rings (SSSR count). The lowest BCUT2D eigenvalue weighted by Gasteiger charge is -2.10. The van der Waals surface area contributed by atoms with Gasteiger partial charge in [0.05, 0.1) is 16.4 Å². The fraction of sp³-hybridized carbons (Fsp3) is 0.167. The van der Waals surface area contributed by atoms with Gasteiger partial charge in [0.25, 0.3) is 0 Å². The molecule has 0 amide bonds. The van der Waals surface area contributed by atoms with Crippen LogP contribution in [0.5, 0.6) is 5.75 Å². The number of rotatable bonds is 4. The highest BCUT2D eigenvalue weighted by Crippen LogP contribution is 2.27. The van der Waals surface area contributed by atoms with Crippen LogP contribution >= 0.6 is 11.3 Å². The lowest BCUT2D eigenvalue weighted by Crippen LogP contribution is -2.06. The fourth-order valence-corrected chi connectivity index (χ4v) is 2.10. The lowest BCUT2D eigenvalue weighted by molar-refractivity contribution is 0.0692.